The van der Waals surface area contributed by atoms with E-state index in [2.05, 4.69) is 4.99 Å². The Balaban J connectivity index is 2.09. The van der Waals surface area contributed by atoms with Gasteiger partial charge in [-0.3, -0.25) is 0 Å². The van der Waals surface area contributed by atoms with Crippen molar-refractivity contribution in [3.63, 3.8) is 0 Å². The number of carbonyl (C=O) groups excluding carboxylic acids is 1. The Morgan fingerprint density at radius 3 is 2.65 bits per heavy atom. The van der Waals surface area contributed by atoms with Crippen LogP contribution in [-0.4, -0.2) is 30.5 Å². The number of ether oxygens (including phenoxy) is 1. The number of aliphatic imine (C=N–C) groups is 1. The van der Waals surface area contributed by atoms with Gasteiger partial charge >= 0.3 is 6.03 Å². The summed E-state index contributed by atoms with van der Waals surface area (Å²) in [6.07, 6.45) is -0.416. The molecule has 6 nitrogen and oxygen atoms in total. The predicted molar refractivity (Wildman–Crippen MR) is 93.2 cm³/mol. The number of urea groups is 1. The van der Waals surface area contributed by atoms with E-state index in [0.717, 1.165) is 11.6 Å². The smallest absolute Gasteiger partial charge is 0.347 e. The number of guanidine groups is 1. The van der Waals surface area contributed by atoms with Crippen molar-refractivity contribution >= 4 is 12.0 Å². The van der Waals surface area contributed by atoms with Crippen LogP contribution >= 0.6 is 0 Å². The lowest BCUT2D eigenvalue weighted by atomic mass is 9.89. The van der Waals surface area contributed by atoms with Gasteiger partial charge in [-0.05, 0) is 28.8 Å². The van der Waals surface area contributed by atoms with Crippen LogP contribution in [0.5, 0.6) is 0 Å². The maximum atomic E-state index is 14.3. The minimum absolute atomic E-state index is 0.178. The first-order valence-corrected chi connectivity index (χ1v) is 7.89. The number of hydrogen-bond acceptors (Lipinski definition) is 2. The van der Waals surface area contributed by atoms with Gasteiger partial charge in [0.15, 0.2) is 5.96 Å². The lowest BCUT2D eigenvalue weighted by Gasteiger charge is -2.34. The van der Waals surface area contributed by atoms with Crippen LogP contribution in [0.2, 0.25) is 0 Å². The molecule has 0 aromatic heterocycles. The van der Waals surface area contributed by atoms with E-state index in [1.807, 2.05) is 6.07 Å². The normalized spacial score (nSPS) is 16.1. The van der Waals surface area contributed by atoms with E-state index in [-0.39, 0.29) is 24.6 Å². The molecule has 1 aliphatic heterocycles. The Morgan fingerprint density at radius 1 is 1.23 bits per heavy atom. The van der Waals surface area contributed by atoms with Crippen LogP contribution in [0.4, 0.5) is 13.6 Å². The molecule has 26 heavy (non-hydrogen) atoms. The van der Waals surface area contributed by atoms with E-state index in [0.29, 0.717) is 11.1 Å². The molecular weight excluding hydrogens is 342 g/mol. The van der Waals surface area contributed by atoms with Crippen LogP contribution in [0.3, 0.4) is 0 Å². The summed E-state index contributed by atoms with van der Waals surface area (Å²) in [7, 11) is 1.52. The van der Waals surface area contributed by atoms with E-state index >= 15 is 0 Å². The Labute approximate surface area is 149 Å². The van der Waals surface area contributed by atoms with Crippen molar-refractivity contribution in [2.75, 3.05) is 13.7 Å². The zero-order chi connectivity index (χ0) is 18.8. The highest BCUT2D eigenvalue weighted by Crippen LogP contribution is 2.36. The van der Waals surface area contributed by atoms with Crippen molar-refractivity contribution in [3.8, 4) is 11.1 Å². The van der Waals surface area contributed by atoms with E-state index in [1.54, 1.807) is 12.1 Å². The summed E-state index contributed by atoms with van der Waals surface area (Å²) in [5.41, 5.74) is 12.9. The zero-order valence-electron chi connectivity index (χ0n) is 14.1. The second kappa shape index (κ2) is 7.09. The van der Waals surface area contributed by atoms with Crippen molar-refractivity contribution in [2.45, 2.75) is 12.6 Å². The Kier molecular flexibility index (Phi) is 4.85. The number of carbonyl (C=O) groups is 1. The second-order valence-corrected chi connectivity index (χ2v) is 5.92. The van der Waals surface area contributed by atoms with E-state index in [4.69, 9.17) is 16.2 Å². The number of halogens is 2. The molecule has 1 heterocycles. The third kappa shape index (κ3) is 3.36. The summed E-state index contributed by atoms with van der Waals surface area (Å²) in [6, 6.07) is 8.14. The number of amides is 2. The van der Waals surface area contributed by atoms with Crippen LogP contribution in [0.1, 0.15) is 17.2 Å². The van der Waals surface area contributed by atoms with Gasteiger partial charge in [0.25, 0.3) is 0 Å². The lowest BCUT2D eigenvalue weighted by molar-refractivity contribution is 0.0614. The van der Waals surface area contributed by atoms with Crippen molar-refractivity contribution in [1.29, 1.82) is 0 Å². The topological polar surface area (TPSA) is 93.9 Å². The monoisotopic (exact) mass is 360 g/mol. The number of nitrogens with zero attached hydrogens (tertiary/aromatic N) is 2. The van der Waals surface area contributed by atoms with Gasteiger partial charge in [0, 0.05) is 25.3 Å². The molecule has 0 aliphatic carbocycles. The van der Waals surface area contributed by atoms with Gasteiger partial charge in [-0.25, -0.2) is 13.6 Å². The third-order valence-electron chi connectivity index (χ3n) is 4.30. The van der Waals surface area contributed by atoms with Gasteiger partial charge < -0.3 is 21.1 Å². The molecule has 1 unspecified atom stereocenters. The number of rotatable bonds is 2. The number of methoxy groups -OCH3 is 1. The largest absolute Gasteiger partial charge is 0.375 e. The number of fused-ring (bicyclic) bond motifs is 1. The van der Waals surface area contributed by atoms with Crippen LogP contribution in [0.15, 0.2) is 41.4 Å². The summed E-state index contributed by atoms with van der Waals surface area (Å²) in [5.74, 6) is -1.68. The van der Waals surface area contributed by atoms with Crippen molar-refractivity contribution in [1.82, 2.24) is 4.90 Å². The predicted octanol–water partition coefficient (Wildman–Crippen LogP) is 2.53. The maximum absolute atomic E-state index is 14.3. The molecule has 0 spiro atoms. The molecule has 2 amide bonds. The molecule has 2 aromatic carbocycles. The van der Waals surface area contributed by atoms with E-state index < -0.39 is 23.8 Å². The van der Waals surface area contributed by atoms with Crippen LogP contribution in [0.25, 0.3) is 11.1 Å². The van der Waals surface area contributed by atoms with E-state index in [1.165, 1.54) is 24.1 Å². The average Bonchev–Trinajstić information content (AvgIpc) is 2.60. The Bertz CT molecular complexity index is 881. The summed E-state index contributed by atoms with van der Waals surface area (Å²) in [6.45, 7) is 0.437. The summed E-state index contributed by atoms with van der Waals surface area (Å²) in [4.78, 5) is 17.2. The molecule has 1 aliphatic rings. The van der Waals surface area contributed by atoms with E-state index in [9.17, 15) is 13.6 Å². The van der Waals surface area contributed by atoms with Crippen LogP contribution in [-0.2, 0) is 11.3 Å². The van der Waals surface area contributed by atoms with Gasteiger partial charge in [-0.1, -0.05) is 18.2 Å². The average molecular weight is 360 g/mol. The van der Waals surface area contributed by atoms with Gasteiger partial charge in [-0.15, -0.1) is 0 Å². The second-order valence-electron chi connectivity index (χ2n) is 5.92. The Hall–Kier alpha value is -3.00. The fraction of sp³-hybridized carbons (Fsp3) is 0.222. The first kappa shape index (κ1) is 17.8. The third-order valence-corrected chi connectivity index (χ3v) is 4.30. The number of nitrogens with two attached hydrogens (primary N) is 2. The van der Waals surface area contributed by atoms with Gasteiger partial charge in [0.1, 0.15) is 17.7 Å². The van der Waals surface area contributed by atoms with Gasteiger partial charge in [0.05, 0.1) is 6.54 Å². The van der Waals surface area contributed by atoms with Crippen molar-refractivity contribution < 1.29 is 18.3 Å². The minimum atomic E-state index is -0.681. The Morgan fingerprint density at radius 2 is 2.00 bits per heavy atom. The molecule has 8 heteroatoms. The lowest BCUT2D eigenvalue weighted by Crippen LogP contribution is -2.39. The molecule has 2 aromatic rings. The number of hydrogen-bond donors (Lipinski definition) is 2. The molecule has 1 atom stereocenters. The SMILES string of the molecule is COC1CN(C(=O)N=C(N)N)Cc2c(-c3ccc(F)cc3F)cccc21. The molecule has 0 saturated carbocycles. The highest BCUT2D eigenvalue weighted by Gasteiger charge is 2.30. The van der Waals surface area contributed by atoms with Gasteiger partial charge in [-0.2, -0.15) is 4.99 Å². The molecule has 4 N–H and O–H groups in total. The fourth-order valence-electron chi connectivity index (χ4n) is 3.13. The highest BCUT2D eigenvalue weighted by atomic mass is 19.1. The molecule has 136 valence electrons. The number of benzene rings is 2. The van der Waals surface area contributed by atoms with Crippen LogP contribution in [0, 0.1) is 11.6 Å². The quantitative estimate of drug-likeness (QED) is 0.636. The molecule has 0 radical (unpaired) electrons. The molecule has 0 saturated heterocycles. The van der Waals surface area contributed by atoms with Crippen LogP contribution < -0.4 is 11.5 Å². The summed E-state index contributed by atoms with van der Waals surface area (Å²) >= 11 is 0. The van der Waals surface area contributed by atoms with Crippen molar-refractivity contribution in [2.24, 2.45) is 16.5 Å². The standard InChI is InChI=1S/C18H18F2N4O2/c1-26-16-9-24(18(25)23-17(21)22)8-14-11(3-2-4-13(14)16)12-6-5-10(19)7-15(12)20/h2-7,16H,8-9H2,1H3,(H4,21,22,23,25). The molecule has 0 bridgehead atoms. The summed E-state index contributed by atoms with van der Waals surface area (Å²) < 4.78 is 33.0. The summed E-state index contributed by atoms with van der Waals surface area (Å²) in [5, 5.41) is 0. The zero-order valence-corrected chi connectivity index (χ0v) is 14.1. The first-order chi connectivity index (χ1) is 12.4. The maximum Gasteiger partial charge on any atom is 0.347 e. The first-order valence-electron chi connectivity index (χ1n) is 7.89. The molecule has 3 rings (SSSR count). The fourth-order valence-corrected chi connectivity index (χ4v) is 3.13. The molecule has 0 fully saturated rings. The highest BCUT2D eigenvalue weighted by molar-refractivity contribution is 5.90. The minimum Gasteiger partial charge on any atom is -0.375 e. The van der Waals surface area contributed by atoms with Crippen molar-refractivity contribution in [3.05, 3.63) is 59.2 Å². The van der Waals surface area contributed by atoms with Gasteiger partial charge in [0.2, 0.25) is 0 Å². The molecular formula is C18H18F2N4O2.